The first-order chi connectivity index (χ1) is 9.63. The number of hydrogen-bond acceptors (Lipinski definition) is 4. The first-order valence-electron chi connectivity index (χ1n) is 7.31. The Morgan fingerprint density at radius 1 is 1.40 bits per heavy atom. The van der Waals surface area contributed by atoms with Crippen LogP contribution in [-0.2, 0) is 4.79 Å². The monoisotopic (exact) mass is 278 g/mol. The fourth-order valence-corrected chi connectivity index (χ4v) is 2.30. The fourth-order valence-electron chi connectivity index (χ4n) is 2.30. The number of hydrogen-bond donors (Lipinski definition) is 2. The summed E-state index contributed by atoms with van der Waals surface area (Å²) >= 11 is 0. The Labute approximate surface area is 121 Å². The summed E-state index contributed by atoms with van der Waals surface area (Å²) in [6.45, 7) is 7.76. The molecule has 0 spiro atoms. The Kier molecular flexibility index (Phi) is 7.18. The van der Waals surface area contributed by atoms with Crippen molar-refractivity contribution in [3.05, 3.63) is 30.1 Å². The number of pyridine rings is 1. The van der Waals surface area contributed by atoms with Gasteiger partial charge in [0.2, 0.25) is 5.91 Å². The molecule has 112 valence electrons. The van der Waals surface area contributed by atoms with Crippen LogP contribution in [0.1, 0.15) is 38.9 Å². The molecular formula is C15H26N4O. The third-order valence-electron chi connectivity index (χ3n) is 3.39. The third-order valence-corrected chi connectivity index (χ3v) is 3.39. The van der Waals surface area contributed by atoms with Gasteiger partial charge in [0.1, 0.15) is 0 Å². The highest BCUT2D eigenvalue weighted by Gasteiger charge is 2.27. The highest BCUT2D eigenvalue weighted by molar-refractivity contribution is 5.78. The summed E-state index contributed by atoms with van der Waals surface area (Å²) in [5, 5.41) is 2.83. The number of nitrogens with two attached hydrogens (primary N) is 1. The largest absolute Gasteiger partial charge is 0.355 e. The number of aromatic nitrogens is 1. The van der Waals surface area contributed by atoms with Gasteiger partial charge in [0, 0.05) is 18.8 Å². The van der Waals surface area contributed by atoms with E-state index in [9.17, 15) is 4.79 Å². The standard InChI is InChI=1S/C15H26N4O/c1-4-12(16)15(13-9-7-8-10-18-13)19(6-3)11-14(20)17-5-2/h7-10,12,15H,4-6,11,16H2,1-3H3,(H,17,20). The van der Waals surface area contributed by atoms with Crippen molar-refractivity contribution in [1.82, 2.24) is 15.2 Å². The number of carbonyl (C=O) groups is 1. The highest BCUT2D eigenvalue weighted by Crippen LogP contribution is 2.22. The van der Waals surface area contributed by atoms with Gasteiger partial charge in [-0.15, -0.1) is 0 Å². The van der Waals surface area contributed by atoms with Crippen LogP contribution in [0.3, 0.4) is 0 Å². The van der Waals surface area contributed by atoms with Crippen LogP contribution in [0.5, 0.6) is 0 Å². The van der Waals surface area contributed by atoms with E-state index in [0.29, 0.717) is 13.1 Å². The summed E-state index contributed by atoms with van der Waals surface area (Å²) in [7, 11) is 0. The van der Waals surface area contributed by atoms with Crippen molar-refractivity contribution in [3.63, 3.8) is 0 Å². The molecule has 0 saturated heterocycles. The SMILES string of the molecule is CCNC(=O)CN(CC)C(c1ccccn1)C(N)CC. The van der Waals surface area contributed by atoms with E-state index in [2.05, 4.69) is 22.1 Å². The molecule has 0 aromatic carbocycles. The predicted octanol–water partition coefficient (Wildman–Crippen LogP) is 1.32. The number of nitrogens with zero attached hydrogens (tertiary/aromatic N) is 2. The molecule has 1 heterocycles. The molecule has 1 aromatic heterocycles. The molecule has 2 unspecified atom stereocenters. The molecule has 0 aliphatic heterocycles. The van der Waals surface area contributed by atoms with Gasteiger partial charge in [0.25, 0.3) is 0 Å². The molecule has 5 heteroatoms. The summed E-state index contributed by atoms with van der Waals surface area (Å²) in [5.74, 6) is 0.0265. The summed E-state index contributed by atoms with van der Waals surface area (Å²) < 4.78 is 0. The number of rotatable bonds is 8. The van der Waals surface area contributed by atoms with E-state index >= 15 is 0 Å². The first-order valence-corrected chi connectivity index (χ1v) is 7.31. The van der Waals surface area contributed by atoms with E-state index in [1.807, 2.05) is 32.0 Å². The van der Waals surface area contributed by atoms with Crippen LogP contribution in [0.15, 0.2) is 24.4 Å². The second-order valence-electron chi connectivity index (χ2n) is 4.79. The minimum Gasteiger partial charge on any atom is -0.355 e. The van der Waals surface area contributed by atoms with Gasteiger partial charge in [0.05, 0.1) is 18.3 Å². The molecule has 0 radical (unpaired) electrons. The van der Waals surface area contributed by atoms with Crippen molar-refractivity contribution >= 4 is 5.91 Å². The number of carbonyl (C=O) groups excluding carboxylic acids is 1. The lowest BCUT2D eigenvalue weighted by Gasteiger charge is -2.33. The second-order valence-corrected chi connectivity index (χ2v) is 4.79. The topological polar surface area (TPSA) is 71.2 Å². The van der Waals surface area contributed by atoms with Gasteiger partial charge in [-0.1, -0.05) is 19.9 Å². The van der Waals surface area contributed by atoms with E-state index < -0.39 is 0 Å². The molecule has 1 aromatic rings. The Morgan fingerprint density at radius 2 is 2.15 bits per heavy atom. The zero-order valence-electron chi connectivity index (χ0n) is 12.7. The van der Waals surface area contributed by atoms with Crippen molar-refractivity contribution in [2.45, 2.75) is 39.3 Å². The van der Waals surface area contributed by atoms with Crippen LogP contribution in [-0.4, -0.2) is 41.5 Å². The van der Waals surface area contributed by atoms with Crippen LogP contribution in [0.25, 0.3) is 0 Å². The number of amides is 1. The predicted molar refractivity (Wildman–Crippen MR) is 81.2 cm³/mol. The molecular weight excluding hydrogens is 252 g/mol. The van der Waals surface area contributed by atoms with Crippen molar-refractivity contribution in [3.8, 4) is 0 Å². The molecule has 20 heavy (non-hydrogen) atoms. The van der Waals surface area contributed by atoms with E-state index in [1.165, 1.54) is 0 Å². The maximum atomic E-state index is 11.8. The number of likely N-dealkylation sites (N-methyl/N-ethyl adjacent to an activating group) is 2. The van der Waals surface area contributed by atoms with Crippen molar-refractivity contribution in [1.29, 1.82) is 0 Å². The minimum absolute atomic E-state index is 0.0265. The summed E-state index contributed by atoms with van der Waals surface area (Å²) in [6, 6.07) is 5.74. The second kappa shape index (κ2) is 8.66. The van der Waals surface area contributed by atoms with Crippen LogP contribution in [0.4, 0.5) is 0 Å². The average molecular weight is 278 g/mol. The lowest BCUT2D eigenvalue weighted by Crippen LogP contribution is -2.45. The summed E-state index contributed by atoms with van der Waals surface area (Å²) in [5.41, 5.74) is 7.19. The van der Waals surface area contributed by atoms with Crippen LogP contribution >= 0.6 is 0 Å². The maximum Gasteiger partial charge on any atom is 0.234 e. The zero-order chi connectivity index (χ0) is 15.0. The molecule has 1 amide bonds. The molecule has 0 aliphatic rings. The van der Waals surface area contributed by atoms with Crippen LogP contribution < -0.4 is 11.1 Å². The Hall–Kier alpha value is -1.46. The Morgan fingerprint density at radius 3 is 2.65 bits per heavy atom. The van der Waals surface area contributed by atoms with E-state index in [0.717, 1.165) is 18.7 Å². The molecule has 1 rings (SSSR count). The van der Waals surface area contributed by atoms with E-state index in [-0.39, 0.29) is 18.0 Å². The zero-order valence-corrected chi connectivity index (χ0v) is 12.7. The average Bonchev–Trinajstić information content (AvgIpc) is 2.47. The lowest BCUT2D eigenvalue weighted by molar-refractivity contribution is -0.122. The molecule has 0 fully saturated rings. The van der Waals surface area contributed by atoms with Gasteiger partial charge in [0.15, 0.2) is 0 Å². The highest BCUT2D eigenvalue weighted by atomic mass is 16.2. The van der Waals surface area contributed by atoms with E-state index in [4.69, 9.17) is 5.73 Å². The van der Waals surface area contributed by atoms with Gasteiger partial charge >= 0.3 is 0 Å². The molecule has 5 nitrogen and oxygen atoms in total. The first kappa shape index (κ1) is 16.6. The molecule has 0 aliphatic carbocycles. The van der Waals surface area contributed by atoms with Gasteiger partial charge in [-0.25, -0.2) is 0 Å². The van der Waals surface area contributed by atoms with Crippen LogP contribution in [0.2, 0.25) is 0 Å². The Balaban J connectivity index is 2.93. The molecule has 0 saturated carbocycles. The number of nitrogens with one attached hydrogen (secondary N) is 1. The fraction of sp³-hybridized carbons (Fsp3) is 0.600. The van der Waals surface area contributed by atoms with Crippen LogP contribution in [0, 0.1) is 0 Å². The summed E-state index contributed by atoms with van der Waals surface area (Å²) in [4.78, 5) is 18.3. The van der Waals surface area contributed by atoms with Crippen molar-refractivity contribution in [2.24, 2.45) is 5.73 Å². The maximum absolute atomic E-state index is 11.8. The quantitative estimate of drug-likeness (QED) is 0.752. The smallest absolute Gasteiger partial charge is 0.234 e. The van der Waals surface area contributed by atoms with Gasteiger partial charge in [-0.2, -0.15) is 0 Å². The molecule has 2 atom stereocenters. The van der Waals surface area contributed by atoms with Gasteiger partial charge in [-0.3, -0.25) is 14.7 Å². The molecule has 0 bridgehead atoms. The van der Waals surface area contributed by atoms with Gasteiger partial charge < -0.3 is 11.1 Å². The van der Waals surface area contributed by atoms with E-state index in [1.54, 1.807) is 6.20 Å². The normalized spacial score (nSPS) is 14.1. The Bertz CT molecular complexity index is 396. The van der Waals surface area contributed by atoms with Gasteiger partial charge in [-0.05, 0) is 32.0 Å². The van der Waals surface area contributed by atoms with Crippen molar-refractivity contribution in [2.75, 3.05) is 19.6 Å². The minimum atomic E-state index is -0.0423. The molecule has 3 N–H and O–H groups in total. The third kappa shape index (κ3) is 4.58. The lowest BCUT2D eigenvalue weighted by atomic mass is 10.0. The summed E-state index contributed by atoms with van der Waals surface area (Å²) in [6.07, 6.45) is 2.61. The van der Waals surface area contributed by atoms with Crippen molar-refractivity contribution < 1.29 is 4.79 Å².